The van der Waals surface area contributed by atoms with Gasteiger partial charge in [0.1, 0.15) is 5.82 Å². The molecule has 0 saturated carbocycles. The maximum Gasteiger partial charge on any atom is 0.167 e. The number of aromatic nitrogens is 2. The fraction of sp³-hybridized carbons (Fsp3) is 0.0400. The number of nitrogens with zero attached hydrogens (tertiary/aromatic N) is 1. The van der Waals surface area contributed by atoms with Crippen LogP contribution in [0.15, 0.2) is 78.9 Å². The minimum absolute atomic E-state index is 0.00105. The van der Waals surface area contributed by atoms with Crippen molar-refractivity contribution in [1.29, 1.82) is 0 Å². The highest BCUT2D eigenvalue weighted by atomic mass is 19.1. The van der Waals surface area contributed by atoms with Crippen molar-refractivity contribution in [2.45, 2.75) is 6.42 Å². The number of halogens is 1. The minimum Gasteiger partial charge on any atom is -0.382 e. The minimum atomic E-state index is -0.308. The molecule has 0 atom stereocenters. The second-order valence-corrected chi connectivity index (χ2v) is 7.30. The van der Waals surface area contributed by atoms with Gasteiger partial charge in [-0.3, -0.25) is 9.89 Å². The van der Waals surface area contributed by atoms with E-state index in [0.29, 0.717) is 11.4 Å². The van der Waals surface area contributed by atoms with Crippen molar-refractivity contribution in [3.05, 3.63) is 95.8 Å². The predicted octanol–water partition coefficient (Wildman–Crippen LogP) is 5.53. The lowest BCUT2D eigenvalue weighted by molar-refractivity contribution is 0.0994. The van der Waals surface area contributed by atoms with Gasteiger partial charge in [0.05, 0.1) is 10.9 Å². The maximum absolute atomic E-state index is 13.1. The standard InChI is InChI=1S/C25H18FN3O/c26-18-10-7-15(8-11-18)13-23(30)21-5-1-3-16-14-17(9-12-19(16)21)20-4-2-6-22-24(20)25(27)29-28-22/h1-12,14H,13H2,(H3,27,28,29). The van der Waals surface area contributed by atoms with Crippen LogP contribution in [0.5, 0.6) is 0 Å². The Morgan fingerprint density at radius 1 is 0.967 bits per heavy atom. The number of H-pyrrole nitrogens is 1. The molecule has 1 heterocycles. The van der Waals surface area contributed by atoms with Crippen molar-refractivity contribution in [1.82, 2.24) is 10.2 Å². The van der Waals surface area contributed by atoms with E-state index in [9.17, 15) is 9.18 Å². The van der Waals surface area contributed by atoms with E-state index >= 15 is 0 Å². The first-order valence-corrected chi connectivity index (χ1v) is 9.63. The molecule has 4 aromatic carbocycles. The molecule has 0 bridgehead atoms. The summed E-state index contributed by atoms with van der Waals surface area (Å²) in [7, 11) is 0. The molecule has 0 spiro atoms. The number of nitrogen functional groups attached to an aromatic ring is 1. The number of Topliss-reactive ketones (excluding diaryl/α,β-unsaturated/α-hetero) is 1. The largest absolute Gasteiger partial charge is 0.382 e. The molecule has 3 N–H and O–H groups in total. The van der Waals surface area contributed by atoms with Gasteiger partial charge in [-0.05, 0) is 51.7 Å². The van der Waals surface area contributed by atoms with Gasteiger partial charge in [0.2, 0.25) is 0 Å². The van der Waals surface area contributed by atoms with Gasteiger partial charge in [-0.2, -0.15) is 5.10 Å². The number of anilines is 1. The Labute approximate surface area is 172 Å². The van der Waals surface area contributed by atoms with Crippen molar-refractivity contribution in [2.75, 3.05) is 5.73 Å². The summed E-state index contributed by atoms with van der Waals surface area (Å²) in [6, 6.07) is 23.7. The normalized spacial score (nSPS) is 11.2. The second-order valence-electron chi connectivity index (χ2n) is 7.30. The summed E-state index contributed by atoms with van der Waals surface area (Å²) in [4.78, 5) is 12.9. The summed E-state index contributed by atoms with van der Waals surface area (Å²) in [6.45, 7) is 0. The lowest BCUT2D eigenvalue weighted by Crippen LogP contribution is -2.04. The van der Waals surface area contributed by atoms with E-state index in [4.69, 9.17) is 5.73 Å². The number of aromatic amines is 1. The molecule has 146 valence electrons. The van der Waals surface area contributed by atoms with E-state index in [0.717, 1.165) is 38.4 Å². The Balaban J connectivity index is 1.56. The number of benzene rings is 4. The summed E-state index contributed by atoms with van der Waals surface area (Å²) in [5, 5.41) is 9.80. The molecular formula is C25H18FN3O. The lowest BCUT2D eigenvalue weighted by Gasteiger charge is -2.10. The first-order chi connectivity index (χ1) is 14.6. The van der Waals surface area contributed by atoms with Crippen molar-refractivity contribution in [2.24, 2.45) is 0 Å². The molecule has 0 amide bonds. The molecule has 1 aromatic heterocycles. The number of nitrogens with two attached hydrogens (primary N) is 1. The fourth-order valence-corrected chi connectivity index (χ4v) is 3.92. The summed E-state index contributed by atoms with van der Waals surface area (Å²) in [5.41, 5.74) is 10.4. The average molecular weight is 395 g/mol. The van der Waals surface area contributed by atoms with Crippen LogP contribution < -0.4 is 5.73 Å². The monoisotopic (exact) mass is 395 g/mol. The van der Waals surface area contributed by atoms with E-state index in [1.54, 1.807) is 12.1 Å². The van der Waals surface area contributed by atoms with E-state index < -0.39 is 0 Å². The zero-order valence-corrected chi connectivity index (χ0v) is 16.0. The highest BCUT2D eigenvalue weighted by molar-refractivity contribution is 6.10. The third kappa shape index (κ3) is 3.10. The van der Waals surface area contributed by atoms with Crippen LogP contribution in [-0.4, -0.2) is 16.0 Å². The highest BCUT2D eigenvalue weighted by Crippen LogP contribution is 2.33. The molecule has 4 nitrogen and oxygen atoms in total. The molecule has 0 saturated heterocycles. The molecular weight excluding hydrogens is 377 g/mol. The van der Waals surface area contributed by atoms with Gasteiger partial charge in [-0.25, -0.2) is 4.39 Å². The van der Waals surface area contributed by atoms with Crippen LogP contribution in [0.1, 0.15) is 15.9 Å². The number of hydrogen-bond acceptors (Lipinski definition) is 3. The number of ketones is 1. The van der Waals surface area contributed by atoms with E-state index in [1.165, 1.54) is 12.1 Å². The maximum atomic E-state index is 13.1. The molecule has 5 heteroatoms. The molecule has 0 aliphatic rings. The van der Waals surface area contributed by atoms with Gasteiger partial charge < -0.3 is 5.73 Å². The van der Waals surface area contributed by atoms with Gasteiger partial charge in [0.15, 0.2) is 11.6 Å². The van der Waals surface area contributed by atoms with Crippen LogP contribution in [0.2, 0.25) is 0 Å². The summed E-state index contributed by atoms with van der Waals surface area (Å²) in [6.07, 6.45) is 0.228. The smallest absolute Gasteiger partial charge is 0.167 e. The number of rotatable bonds is 4. The Kier molecular flexibility index (Phi) is 4.29. The topological polar surface area (TPSA) is 71.8 Å². The summed E-state index contributed by atoms with van der Waals surface area (Å²) in [5.74, 6) is 0.155. The van der Waals surface area contributed by atoms with E-state index in [1.807, 2.05) is 48.5 Å². The first-order valence-electron chi connectivity index (χ1n) is 9.63. The molecule has 30 heavy (non-hydrogen) atoms. The van der Waals surface area contributed by atoms with Crippen molar-refractivity contribution in [3.63, 3.8) is 0 Å². The number of carbonyl (C=O) groups is 1. The lowest BCUT2D eigenvalue weighted by atomic mass is 9.94. The van der Waals surface area contributed by atoms with Crippen molar-refractivity contribution in [3.8, 4) is 11.1 Å². The molecule has 0 unspecified atom stereocenters. The van der Waals surface area contributed by atoms with Gasteiger partial charge in [0, 0.05) is 12.0 Å². The second kappa shape index (κ2) is 7.12. The van der Waals surface area contributed by atoms with Crippen molar-refractivity contribution >= 4 is 33.3 Å². The fourth-order valence-electron chi connectivity index (χ4n) is 3.92. The van der Waals surface area contributed by atoms with Gasteiger partial charge in [-0.1, -0.05) is 54.6 Å². The quantitative estimate of drug-likeness (QED) is 0.393. The Bertz CT molecular complexity index is 1400. The van der Waals surface area contributed by atoms with E-state index in [-0.39, 0.29) is 18.0 Å². The third-order valence-electron chi connectivity index (χ3n) is 5.39. The van der Waals surface area contributed by atoms with Crippen LogP contribution in [-0.2, 0) is 6.42 Å². The molecule has 5 rings (SSSR count). The van der Waals surface area contributed by atoms with Crippen LogP contribution in [0.3, 0.4) is 0 Å². The zero-order valence-electron chi connectivity index (χ0n) is 16.0. The Morgan fingerprint density at radius 2 is 1.77 bits per heavy atom. The summed E-state index contributed by atoms with van der Waals surface area (Å²) < 4.78 is 13.1. The highest BCUT2D eigenvalue weighted by Gasteiger charge is 2.14. The van der Waals surface area contributed by atoms with Crippen LogP contribution in [0.25, 0.3) is 32.8 Å². The Morgan fingerprint density at radius 3 is 2.60 bits per heavy atom. The number of nitrogens with one attached hydrogen (secondary N) is 1. The van der Waals surface area contributed by atoms with Crippen LogP contribution in [0, 0.1) is 5.82 Å². The van der Waals surface area contributed by atoms with Crippen molar-refractivity contribution < 1.29 is 9.18 Å². The number of fused-ring (bicyclic) bond motifs is 2. The molecule has 0 fully saturated rings. The molecule has 5 aromatic rings. The van der Waals surface area contributed by atoms with E-state index in [2.05, 4.69) is 16.3 Å². The molecule has 0 aliphatic heterocycles. The molecule has 0 aliphatic carbocycles. The zero-order chi connectivity index (χ0) is 20.7. The predicted molar refractivity (Wildman–Crippen MR) is 118 cm³/mol. The van der Waals surface area contributed by atoms with Crippen LogP contribution in [0.4, 0.5) is 10.2 Å². The SMILES string of the molecule is Nc1n[nH]c2cccc(-c3ccc4c(C(=O)Cc5ccc(F)cc5)cccc4c3)c12. The average Bonchev–Trinajstić information content (AvgIpc) is 3.15. The third-order valence-corrected chi connectivity index (χ3v) is 5.39. The number of carbonyl (C=O) groups excluding carboxylic acids is 1. The first kappa shape index (κ1) is 18.1. The molecule has 0 radical (unpaired) electrons. The van der Waals surface area contributed by atoms with Gasteiger partial charge in [0.25, 0.3) is 0 Å². The Hall–Kier alpha value is -3.99. The van der Waals surface area contributed by atoms with Gasteiger partial charge in [-0.15, -0.1) is 0 Å². The summed E-state index contributed by atoms with van der Waals surface area (Å²) >= 11 is 0. The van der Waals surface area contributed by atoms with Crippen LogP contribution >= 0.6 is 0 Å². The number of hydrogen-bond donors (Lipinski definition) is 2. The van der Waals surface area contributed by atoms with Gasteiger partial charge >= 0.3 is 0 Å².